The van der Waals surface area contributed by atoms with Crippen LogP contribution in [0.3, 0.4) is 0 Å². The quantitative estimate of drug-likeness (QED) is 0.668. The van der Waals surface area contributed by atoms with Gasteiger partial charge in [0.05, 0.1) is 9.50 Å². The number of nitrogens with zero attached hydrogens (tertiary/aromatic N) is 1. The van der Waals surface area contributed by atoms with Crippen LogP contribution in [0.1, 0.15) is 0 Å². The molecule has 0 unspecified atom stereocenters. The molecule has 0 saturated carbocycles. The zero-order valence-electron chi connectivity index (χ0n) is 8.25. The van der Waals surface area contributed by atoms with Crippen molar-refractivity contribution in [2.24, 2.45) is 0 Å². The van der Waals surface area contributed by atoms with E-state index in [0.29, 0.717) is 16.1 Å². The van der Waals surface area contributed by atoms with E-state index in [1.807, 2.05) is 0 Å². The molecule has 0 atom stereocenters. The van der Waals surface area contributed by atoms with Crippen LogP contribution in [-0.4, -0.2) is 4.98 Å². The van der Waals surface area contributed by atoms with E-state index in [0.717, 1.165) is 4.47 Å². The SMILES string of the molecule is Fc1cc(Oc2ccc(Br)cn2)c(Br)cc1Cl. The second-order valence-corrected chi connectivity index (χ2v) is 5.29. The van der Waals surface area contributed by atoms with Crippen LogP contribution in [0.25, 0.3) is 0 Å². The van der Waals surface area contributed by atoms with Crippen LogP contribution in [-0.2, 0) is 0 Å². The molecule has 2 rings (SSSR count). The first-order chi connectivity index (χ1) is 8.06. The van der Waals surface area contributed by atoms with Crippen molar-refractivity contribution in [2.45, 2.75) is 0 Å². The lowest BCUT2D eigenvalue weighted by Gasteiger charge is -2.07. The van der Waals surface area contributed by atoms with Crippen molar-refractivity contribution in [1.29, 1.82) is 0 Å². The van der Waals surface area contributed by atoms with E-state index in [1.54, 1.807) is 18.3 Å². The van der Waals surface area contributed by atoms with Crippen LogP contribution in [0.5, 0.6) is 11.6 Å². The Hall–Kier alpha value is -0.650. The second-order valence-electron chi connectivity index (χ2n) is 3.11. The van der Waals surface area contributed by atoms with Crippen LogP contribution in [0.4, 0.5) is 4.39 Å². The summed E-state index contributed by atoms with van der Waals surface area (Å²) in [7, 11) is 0. The van der Waals surface area contributed by atoms with E-state index >= 15 is 0 Å². The number of aromatic nitrogens is 1. The van der Waals surface area contributed by atoms with Crippen LogP contribution in [0, 0.1) is 5.82 Å². The Bertz CT molecular complexity index is 548. The fraction of sp³-hybridized carbons (Fsp3) is 0. The van der Waals surface area contributed by atoms with Gasteiger partial charge in [-0.3, -0.25) is 0 Å². The first-order valence-corrected chi connectivity index (χ1v) is 6.46. The summed E-state index contributed by atoms with van der Waals surface area (Å²) in [6.45, 7) is 0. The highest BCUT2D eigenvalue weighted by Gasteiger charge is 2.09. The maximum atomic E-state index is 13.3. The van der Waals surface area contributed by atoms with Crippen molar-refractivity contribution in [2.75, 3.05) is 0 Å². The molecule has 0 spiro atoms. The van der Waals surface area contributed by atoms with Crippen LogP contribution in [0.2, 0.25) is 5.02 Å². The van der Waals surface area contributed by atoms with Gasteiger partial charge in [-0.15, -0.1) is 0 Å². The fourth-order valence-corrected chi connectivity index (χ4v) is 2.07. The van der Waals surface area contributed by atoms with Gasteiger partial charge in [-0.25, -0.2) is 9.37 Å². The maximum absolute atomic E-state index is 13.3. The number of benzene rings is 1. The Kier molecular flexibility index (Phi) is 4.01. The smallest absolute Gasteiger partial charge is 0.219 e. The number of halogens is 4. The summed E-state index contributed by atoms with van der Waals surface area (Å²) in [5.41, 5.74) is 0. The Morgan fingerprint density at radius 3 is 2.65 bits per heavy atom. The molecule has 0 aliphatic heterocycles. The number of rotatable bonds is 2. The number of pyridine rings is 1. The zero-order valence-corrected chi connectivity index (χ0v) is 12.2. The standard InChI is InChI=1S/C11H5Br2ClFNO/c12-6-1-2-11(16-5-6)17-10-4-9(15)8(14)3-7(10)13/h1-5H. The molecule has 88 valence electrons. The van der Waals surface area contributed by atoms with Gasteiger partial charge in [-0.2, -0.15) is 0 Å². The van der Waals surface area contributed by atoms with Crippen molar-refractivity contribution in [3.63, 3.8) is 0 Å². The molecule has 2 aromatic rings. The molecule has 2 nitrogen and oxygen atoms in total. The molecule has 0 fully saturated rings. The van der Waals surface area contributed by atoms with Gasteiger partial charge in [0.25, 0.3) is 0 Å². The van der Waals surface area contributed by atoms with Gasteiger partial charge in [0.1, 0.15) is 11.6 Å². The average molecular weight is 381 g/mol. The molecule has 0 N–H and O–H groups in total. The molecule has 1 aromatic carbocycles. The minimum Gasteiger partial charge on any atom is -0.438 e. The first-order valence-electron chi connectivity index (χ1n) is 4.50. The molecule has 1 heterocycles. The molecule has 1 aromatic heterocycles. The monoisotopic (exact) mass is 379 g/mol. The number of hydrogen-bond donors (Lipinski definition) is 0. The summed E-state index contributed by atoms with van der Waals surface area (Å²) >= 11 is 12.1. The van der Waals surface area contributed by atoms with Gasteiger partial charge in [0, 0.05) is 22.8 Å². The Balaban J connectivity index is 2.30. The summed E-state index contributed by atoms with van der Waals surface area (Å²) in [5, 5.41) is 0.0352. The van der Waals surface area contributed by atoms with Gasteiger partial charge >= 0.3 is 0 Å². The molecule has 0 bridgehead atoms. The van der Waals surface area contributed by atoms with Crippen LogP contribution in [0.15, 0.2) is 39.4 Å². The van der Waals surface area contributed by atoms with Gasteiger partial charge in [-0.05, 0) is 44.0 Å². The van der Waals surface area contributed by atoms with E-state index in [2.05, 4.69) is 36.8 Å². The topological polar surface area (TPSA) is 22.1 Å². The molecular weight excluding hydrogens is 376 g/mol. The third-order valence-corrected chi connectivity index (χ3v) is 3.27. The second kappa shape index (κ2) is 5.33. The largest absolute Gasteiger partial charge is 0.438 e. The number of hydrogen-bond acceptors (Lipinski definition) is 2. The lowest BCUT2D eigenvalue weighted by molar-refractivity contribution is 0.455. The van der Waals surface area contributed by atoms with Gasteiger partial charge in [-0.1, -0.05) is 11.6 Å². The Morgan fingerprint density at radius 1 is 1.24 bits per heavy atom. The minimum atomic E-state index is -0.540. The predicted octanol–water partition coefficient (Wildman–Crippen LogP) is 5.19. The van der Waals surface area contributed by atoms with E-state index in [-0.39, 0.29) is 5.02 Å². The highest BCUT2D eigenvalue weighted by atomic mass is 79.9. The maximum Gasteiger partial charge on any atom is 0.219 e. The van der Waals surface area contributed by atoms with Crippen LogP contribution < -0.4 is 4.74 Å². The summed E-state index contributed by atoms with van der Waals surface area (Å²) in [5.74, 6) is 0.152. The van der Waals surface area contributed by atoms with Crippen molar-refractivity contribution in [1.82, 2.24) is 4.98 Å². The highest BCUT2D eigenvalue weighted by molar-refractivity contribution is 9.10. The lowest BCUT2D eigenvalue weighted by Crippen LogP contribution is -1.90. The van der Waals surface area contributed by atoms with Crippen molar-refractivity contribution >= 4 is 43.5 Å². The Labute approximate surface area is 119 Å². The molecule has 0 saturated heterocycles. The van der Waals surface area contributed by atoms with Crippen molar-refractivity contribution in [3.8, 4) is 11.6 Å². The molecule has 0 radical (unpaired) electrons. The van der Waals surface area contributed by atoms with Gasteiger partial charge in [0.2, 0.25) is 5.88 Å². The highest BCUT2D eigenvalue weighted by Crippen LogP contribution is 2.33. The fourth-order valence-electron chi connectivity index (χ4n) is 1.12. The predicted molar refractivity (Wildman–Crippen MR) is 71.1 cm³/mol. The van der Waals surface area contributed by atoms with Crippen molar-refractivity contribution < 1.29 is 9.13 Å². The summed E-state index contributed by atoms with van der Waals surface area (Å²) in [4.78, 5) is 4.02. The number of ether oxygens (including phenoxy) is 1. The third kappa shape index (κ3) is 3.18. The summed E-state index contributed by atoms with van der Waals surface area (Å²) in [6, 6.07) is 6.09. The molecular formula is C11H5Br2ClFNO. The van der Waals surface area contributed by atoms with Crippen molar-refractivity contribution in [3.05, 3.63) is 50.2 Å². The molecule has 0 aliphatic carbocycles. The Morgan fingerprint density at radius 2 is 2.00 bits per heavy atom. The van der Waals surface area contributed by atoms with Crippen LogP contribution >= 0.6 is 43.5 Å². The van der Waals surface area contributed by atoms with E-state index in [1.165, 1.54) is 12.1 Å². The van der Waals surface area contributed by atoms with Gasteiger partial charge < -0.3 is 4.74 Å². The first kappa shape index (κ1) is 12.8. The molecule has 17 heavy (non-hydrogen) atoms. The normalized spacial score (nSPS) is 10.4. The van der Waals surface area contributed by atoms with E-state index < -0.39 is 5.82 Å². The summed E-state index contributed by atoms with van der Waals surface area (Å²) in [6.07, 6.45) is 1.59. The zero-order chi connectivity index (χ0) is 12.4. The van der Waals surface area contributed by atoms with E-state index in [9.17, 15) is 4.39 Å². The average Bonchev–Trinajstić information content (AvgIpc) is 2.29. The summed E-state index contributed by atoms with van der Waals surface area (Å²) < 4.78 is 20.1. The van der Waals surface area contributed by atoms with E-state index in [4.69, 9.17) is 16.3 Å². The molecule has 0 amide bonds. The molecule has 0 aliphatic rings. The van der Waals surface area contributed by atoms with Gasteiger partial charge in [0.15, 0.2) is 0 Å². The lowest BCUT2D eigenvalue weighted by atomic mass is 10.3. The third-order valence-electron chi connectivity index (χ3n) is 1.89. The molecule has 6 heteroatoms. The minimum absolute atomic E-state index is 0.0352.